The number of carbonyl (C=O) groups excluding carboxylic acids is 1. The molecule has 0 radical (unpaired) electrons. The van der Waals surface area contributed by atoms with Crippen LogP contribution in [0.4, 0.5) is 5.69 Å². The van der Waals surface area contributed by atoms with Gasteiger partial charge >= 0.3 is 0 Å². The van der Waals surface area contributed by atoms with E-state index >= 15 is 0 Å². The third kappa shape index (κ3) is 4.33. The molecular formula is C17H19NO3. The van der Waals surface area contributed by atoms with Gasteiger partial charge in [0, 0.05) is 5.69 Å². The monoisotopic (exact) mass is 285 g/mol. The van der Waals surface area contributed by atoms with Crippen LogP contribution in [0.1, 0.15) is 24.2 Å². The molecule has 1 atom stereocenters. The molecule has 0 fully saturated rings. The minimum Gasteiger partial charge on any atom is -0.497 e. The molecule has 2 aromatic rings. The van der Waals surface area contributed by atoms with Gasteiger partial charge in [0.15, 0.2) is 0 Å². The Hall–Kier alpha value is -2.33. The molecule has 0 aromatic heterocycles. The van der Waals surface area contributed by atoms with Crippen LogP contribution in [0.25, 0.3) is 0 Å². The Labute approximate surface area is 124 Å². The first-order valence-electron chi connectivity index (χ1n) is 6.79. The molecule has 2 rings (SSSR count). The van der Waals surface area contributed by atoms with Crippen LogP contribution >= 0.6 is 0 Å². The number of nitrogens with one attached hydrogen (secondary N) is 1. The molecule has 0 aliphatic rings. The second-order valence-electron chi connectivity index (χ2n) is 4.87. The molecule has 0 aliphatic carbocycles. The minimum absolute atomic E-state index is 0.0945. The fraction of sp³-hybridized carbons (Fsp3) is 0.235. The topological polar surface area (TPSA) is 58.6 Å². The summed E-state index contributed by atoms with van der Waals surface area (Å²) in [4.78, 5) is 12.0. The lowest BCUT2D eigenvalue weighted by atomic mass is 10.1. The van der Waals surface area contributed by atoms with Gasteiger partial charge in [-0.2, -0.15) is 0 Å². The molecule has 4 heteroatoms. The summed E-state index contributed by atoms with van der Waals surface area (Å²) in [5, 5.41) is 12.4. The Kier molecular flexibility index (Phi) is 4.95. The van der Waals surface area contributed by atoms with Gasteiger partial charge in [-0.05, 0) is 42.3 Å². The number of carbonyl (C=O) groups is 1. The van der Waals surface area contributed by atoms with Gasteiger partial charge in [0.25, 0.3) is 0 Å². The van der Waals surface area contributed by atoms with Crippen molar-refractivity contribution in [3.63, 3.8) is 0 Å². The standard InChI is InChI=1S/C17H19NO3/c1-12(19)14-4-3-5-15(11-14)18-17(20)10-13-6-8-16(21-2)9-7-13/h3-9,11-12,19H,10H2,1-2H3,(H,18,20)/t12-/m1/s1. The Morgan fingerprint density at radius 1 is 1.24 bits per heavy atom. The van der Waals surface area contributed by atoms with Crippen LogP contribution in [0.3, 0.4) is 0 Å². The van der Waals surface area contributed by atoms with E-state index in [0.717, 1.165) is 16.9 Å². The van der Waals surface area contributed by atoms with Crippen molar-refractivity contribution < 1.29 is 14.6 Å². The highest BCUT2D eigenvalue weighted by molar-refractivity contribution is 5.92. The van der Waals surface area contributed by atoms with Crippen molar-refractivity contribution in [2.75, 3.05) is 12.4 Å². The van der Waals surface area contributed by atoms with Crippen LogP contribution in [-0.2, 0) is 11.2 Å². The van der Waals surface area contributed by atoms with Crippen LogP contribution in [0.15, 0.2) is 48.5 Å². The first kappa shape index (κ1) is 15.1. The SMILES string of the molecule is COc1ccc(CC(=O)Nc2cccc([C@@H](C)O)c2)cc1. The molecular weight excluding hydrogens is 266 g/mol. The first-order chi connectivity index (χ1) is 10.1. The molecule has 2 aromatic carbocycles. The van der Waals surface area contributed by atoms with Gasteiger partial charge in [-0.25, -0.2) is 0 Å². The van der Waals surface area contributed by atoms with E-state index in [2.05, 4.69) is 5.32 Å². The normalized spacial score (nSPS) is 11.8. The van der Waals surface area contributed by atoms with E-state index in [9.17, 15) is 9.90 Å². The zero-order chi connectivity index (χ0) is 15.2. The molecule has 4 nitrogen and oxygen atoms in total. The smallest absolute Gasteiger partial charge is 0.228 e. The maximum Gasteiger partial charge on any atom is 0.228 e. The van der Waals surface area contributed by atoms with Crippen molar-refractivity contribution in [2.45, 2.75) is 19.4 Å². The van der Waals surface area contributed by atoms with Gasteiger partial charge in [0.05, 0.1) is 19.6 Å². The number of amides is 1. The van der Waals surface area contributed by atoms with E-state index in [1.54, 1.807) is 26.2 Å². The minimum atomic E-state index is -0.552. The van der Waals surface area contributed by atoms with E-state index in [-0.39, 0.29) is 5.91 Å². The quantitative estimate of drug-likeness (QED) is 0.888. The summed E-state index contributed by atoms with van der Waals surface area (Å²) in [5.74, 6) is 0.673. The van der Waals surface area contributed by atoms with Crippen LogP contribution in [0, 0.1) is 0 Å². The summed E-state index contributed by atoms with van der Waals surface area (Å²) in [6.45, 7) is 1.69. The fourth-order valence-corrected chi connectivity index (χ4v) is 2.01. The number of rotatable bonds is 5. The molecule has 0 saturated heterocycles. The average molecular weight is 285 g/mol. The Bertz CT molecular complexity index is 606. The zero-order valence-corrected chi connectivity index (χ0v) is 12.2. The number of methoxy groups -OCH3 is 1. The van der Waals surface area contributed by atoms with Crippen LogP contribution in [0.2, 0.25) is 0 Å². The maximum absolute atomic E-state index is 12.0. The lowest BCUT2D eigenvalue weighted by Crippen LogP contribution is -2.14. The van der Waals surface area contributed by atoms with Gasteiger partial charge < -0.3 is 15.2 Å². The van der Waals surface area contributed by atoms with E-state index < -0.39 is 6.10 Å². The number of hydrogen-bond donors (Lipinski definition) is 2. The molecule has 110 valence electrons. The van der Waals surface area contributed by atoms with Crippen molar-refractivity contribution in [1.82, 2.24) is 0 Å². The van der Waals surface area contributed by atoms with Crippen molar-refractivity contribution >= 4 is 11.6 Å². The maximum atomic E-state index is 12.0. The largest absolute Gasteiger partial charge is 0.497 e. The predicted molar refractivity (Wildman–Crippen MR) is 82.4 cm³/mol. The van der Waals surface area contributed by atoms with Crippen molar-refractivity contribution in [3.8, 4) is 5.75 Å². The van der Waals surface area contributed by atoms with Gasteiger partial charge in [0.1, 0.15) is 5.75 Å². The number of anilines is 1. The van der Waals surface area contributed by atoms with Crippen LogP contribution < -0.4 is 10.1 Å². The molecule has 2 N–H and O–H groups in total. The van der Waals surface area contributed by atoms with Gasteiger partial charge in [-0.3, -0.25) is 4.79 Å². The van der Waals surface area contributed by atoms with Gasteiger partial charge in [-0.15, -0.1) is 0 Å². The van der Waals surface area contributed by atoms with Crippen LogP contribution in [0.5, 0.6) is 5.75 Å². The number of ether oxygens (including phenoxy) is 1. The lowest BCUT2D eigenvalue weighted by molar-refractivity contribution is -0.115. The summed E-state index contributed by atoms with van der Waals surface area (Å²) >= 11 is 0. The summed E-state index contributed by atoms with van der Waals surface area (Å²) < 4.78 is 5.08. The second-order valence-corrected chi connectivity index (χ2v) is 4.87. The summed E-state index contributed by atoms with van der Waals surface area (Å²) in [7, 11) is 1.61. The van der Waals surface area contributed by atoms with Gasteiger partial charge in [0.2, 0.25) is 5.91 Å². The first-order valence-corrected chi connectivity index (χ1v) is 6.79. The highest BCUT2D eigenvalue weighted by Gasteiger charge is 2.06. The second kappa shape index (κ2) is 6.90. The number of aliphatic hydroxyl groups excluding tert-OH is 1. The molecule has 0 spiro atoms. The molecule has 0 aliphatic heterocycles. The van der Waals surface area contributed by atoms with E-state index in [1.165, 1.54) is 0 Å². The molecule has 0 unspecified atom stereocenters. The third-order valence-electron chi connectivity index (χ3n) is 3.18. The van der Waals surface area contributed by atoms with Crippen molar-refractivity contribution in [2.24, 2.45) is 0 Å². The van der Waals surface area contributed by atoms with Crippen molar-refractivity contribution in [3.05, 3.63) is 59.7 Å². The van der Waals surface area contributed by atoms with Crippen LogP contribution in [-0.4, -0.2) is 18.1 Å². The van der Waals surface area contributed by atoms with E-state index in [0.29, 0.717) is 12.1 Å². The van der Waals surface area contributed by atoms with Crippen molar-refractivity contribution in [1.29, 1.82) is 0 Å². The van der Waals surface area contributed by atoms with E-state index in [4.69, 9.17) is 4.74 Å². The van der Waals surface area contributed by atoms with Gasteiger partial charge in [-0.1, -0.05) is 24.3 Å². The molecule has 0 saturated carbocycles. The predicted octanol–water partition coefficient (Wildman–Crippen LogP) is 2.93. The molecule has 0 bridgehead atoms. The number of hydrogen-bond acceptors (Lipinski definition) is 3. The third-order valence-corrected chi connectivity index (χ3v) is 3.18. The highest BCUT2D eigenvalue weighted by Crippen LogP contribution is 2.17. The number of benzene rings is 2. The molecule has 21 heavy (non-hydrogen) atoms. The Balaban J connectivity index is 1.99. The fourth-order valence-electron chi connectivity index (χ4n) is 2.01. The number of aliphatic hydroxyl groups is 1. The summed E-state index contributed by atoms with van der Waals surface area (Å²) in [6, 6.07) is 14.6. The molecule has 1 amide bonds. The average Bonchev–Trinajstić information content (AvgIpc) is 2.48. The molecule has 0 heterocycles. The van der Waals surface area contributed by atoms with E-state index in [1.807, 2.05) is 36.4 Å². The summed E-state index contributed by atoms with van der Waals surface area (Å²) in [6.07, 6.45) is -0.258. The lowest BCUT2D eigenvalue weighted by Gasteiger charge is -2.09. The zero-order valence-electron chi connectivity index (χ0n) is 12.2. The Morgan fingerprint density at radius 3 is 2.57 bits per heavy atom. The Morgan fingerprint density at radius 2 is 1.95 bits per heavy atom. The highest BCUT2D eigenvalue weighted by atomic mass is 16.5. The summed E-state index contributed by atoms with van der Waals surface area (Å²) in [5.41, 5.74) is 2.38.